The van der Waals surface area contributed by atoms with Gasteiger partial charge in [0, 0.05) is 19.8 Å². The lowest BCUT2D eigenvalue weighted by molar-refractivity contribution is 0.214. The Morgan fingerprint density at radius 2 is 1.19 bits per heavy atom. The van der Waals surface area contributed by atoms with Gasteiger partial charge < -0.3 is 23.0 Å². The van der Waals surface area contributed by atoms with Crippen molar-refractivity contribution in [2.45, 2.75) is 27.7 Å². The van der Waals surface area contributed by atoms with E-state index in [1.165, 1.54) is 6.08 Å². The number of rotatable bonds is 12. The van der Waals surface area contributed by atoms with Gasteiger partial charge in [-0.2, -0.15) is 0 Å². The van der Waals surface area contributed by atoms with Crippen molar-refractivity contribution in [3.63, 3.8) is 0 Å². The minimum Gasteiger partial charge on any atom is -0.378 e. The van der Waals surface area contributed by atoms with Crippen LogP contribution in [-0.4, -0.2) is 40.5 Å². The molecule has 0 saturated carbocycles. The molecule has 0 saturated heterocycles. The average Bonchev–Trinajstić information content (AvgIpc) is 2.60. The van der Waals surface area contributed by atoms with Gasteiger partial charge in [0.25, 0.3) is 0 Å². The van der Waals surface area contributed by atoms with E-state index in [1.54, 1.807) is 27.7 Å². The third-order valence-electron chi connectivity index (χ3n) is 3.46. The molecular weight excluding hydrogens is 388 g/mol. The predicted octanol–water partition coefficient (Wildman–Crippen LogP) is 5.58. The second-order valence-electron chi connectivity index (χ2n) is 5.65. The fraction of sp³-hybridized carbons (Fsp3) is 0.556. The summed E-state index contributed by atoms with van der Waals surface area (Å²) >= 11 is 0. The van der Waals surface area contributed by atoms with Gasteiger partial charge in [-0.15, -0.1) is 0 Å². The van der Waals surface area contributed by atoms with Crippen LogP contribution in [0.5, 0.6) is 0 Å². The van der Waals surface area contributed by atoms with Gasteiger partial charge in [0.15, 0.2) is 5.06 Å². The smallest absolute Gasteiger partial charge is 0.369 e. The molecule has 1 aromatic rings. The van der Waals surface area contributed by atoms with Crippen LogP contribution in [0, 0.1) is 0 Å². The summed E-state index contributed by atoms with van der Waals surface area (Å²) in [5.41, 5.74) is 1.69. The van der Waals surface area contributed by atoms with Crippen LogP contribution in [0.3, 0.4) is 0 Å². The molecule has 7 nitrogen and oxygen atoms in total. The molecule has 9 heteroatoms. The molecule has 1 rings (SSSR count). The normalized spacial score (nSPS) is 12.1. The lowest BCUT2D eigenvalue weighted by Gasteiger charge is -2.25. The second-order valence-corrected chi connectivity index (χ2v) is 9.99. The van der Waals surface area contributed by atoms with Gasteiger partial charge in [-0.05, 0) is 51.5 Å². The lowest BCUT2D eigenvalue weighted by Crippen LogP contribution is -2.08. The summed E-state index contributed by atoms with van der Waals surface area (Å²) in [6.07, 6.45) is 1.53. The molecule has 0 heterocycles. The first-order valence-electron chi connectivity index (χ1n) is 9.04. The highest BCUT2D eigenvalue weighted by atomic mass is 31.2. The summed E-state index contributed by atoms with van der Waals surface area (Å²) in [6.45, 7) is 7.31. The van der Waals surface area contributed by atoms with Gasteiger partial charge in [0.2, 0.25) is 0 Å². The van der Waals surface area contributed by atoms with Crippen LogP contribution in [0.1, 0.15) is 33.3 Å². The van der Waals surface area contributed by atoms with E-state index in [9.17, 15) is 9.13 Å². The van der Waals surface area contributed by atoms with Gasteiger partial charge in [-0.1, -0.05) is 12.1 Å². The first-order chi connectivity index (χ1) is 12.8. The van der Waals surface area contributed by atoms with E-state index < -0.39 is 15.2 Å². The molecule has 0 aliphatic heterocycles. The van der Waals surface area contributed by atoms with Crippen LogP contribution < -0.4 is 4.90 Å². The largest absolute Gasteiger partial charge is 0.378 e. The zero-order valence-corrected chi connectivity index (χ0v) is 18.8. The number of hydrogen-bond donors (Lipinski definition) is 0. The Morgan fingerprint density at radius 1 is 0.815 bits per heavy atom. The molecule has 0 amide bonds. The summed E-state index contributed by atoms with van der Waals surface area (Å²) in [5.74, 6) is 0. The Kier molecular flexibility index (Phi) is 9.96. The maximum absolute atomic E-state index is 13.4. The highest BCUT2D eigenvalue weighted by Crippen LogP contribution is 2.74. The molecule has 0 N–H and O–H groups in total. The van der Waals surface area contributed by atoms with E-state index in [0.717, 1.165) is 5.69 Å². The van der Waals surface area contributed by atoms with Crippen molar-refractivity contribution in [1.82, 2.24) is 0 Å². The summed E-state index contributed by atoms with van der Waals surface area (Å²) in [4.78, 5) is 1.96. The summed E-state index contributed by atoms with van der Waals surface area (Å²) in [6, 6.07) is 7.48. The van der Waals surface area contributed by atoms with Crippen LogP contribution in [0.4, 0.5) is 5.69 Å². The Balaban J connectivity index is 3.56. The zero-order valence-electron chi connectivity index (χ0n) is 17.0. The molecule has 0 spiro atoms. The average molecular weight is 419 g/mol. The van der Waals surface area contributed by atoms with Gasteiger partial charge in [-0.25, -0.2) is 0 Å². The monoisotopic (exact) mass is 419 g/mol. The van der Waals surface area contributed by atoms with Gasteiger partial charge >= 0.3 is 15.2 Å². The van der Waals surface area contributed by atoms with Gasteiger partial charge in [0.1, 0.15) is 0 Å². The molecule has 0 radical (unpaired) electrons. The fourth-order valence-electron chi connectivity index (χ4n) is 2.34. The van der Waals surface area contributed by atoms with Gasteiger partial charge in [0.05, 0.1) is 26.4 Å². The van der Waals surface area contributed by atoms with E-state index in [4.69, 9.17) is 18.1 Å². The zero-order chi connectivity index (χ0) is 20.5. The SMILES string of the molecule is CCOP(=O)(OCC)C(=Cc1ccc(N(C)C)cc1)P(=O)(OCC)OCC. The van der Waals surface area contributed by atoms with Crippen LogP contribution in [0.25, 0.3) is 6.08 Å². The van der Waals surface area contributed by atoms with E-state index in [0.29, 0.717) is 5.56 Å². The first-order valence-corrected chi connectivity index (χ1v) is 12.1. The molecule has 0 unspecified atom stereocenters. The van der Waals surface area contributed by atoms with E-state index >= 15 is 0 Å². The Bertz CT molecular complexity index is 650. The molecular formula is C18H31NO6P2. The molecule has 0 fully saturated rings. The quantitative estimate of drug-likeness (QED) is 0.409. The van der Waals surface area contributed by atoms with E-state index in [-0.39, 0.29) is 31.5 Å². The van der Waals surface area contributed by atoms with Crippen LogP contribution >= 0.6 is 15.2 Å². The number of anilines is 1. The Hall–Kier alpha value is -0.940. The molecule has 0 atom stereocenters. The highest BCUT2D eigenvalue weighted by Gasteiger charge is 2.45. The molecule has 154 valence electrons. The van der Waals surface area contributed by atoms with Crippen molar-refractivity contribution in [3.05, 3.63) is 34.9 Å². The molecule has 1 aromatic carbocycles. The van der Waals surface area contributed by atoms with E-state index in [1.807, 2.05) is 43.3 Å². The predicted molar refractivity (Wildman–Crippen MR) is 110 cm³/mol. The van der Waals surface area contributed by atoms with Crippen LogP contribution in [-0.2, 0) is 27.2 Å². The third-order valence-corrected chi connectivity index (χ3v) is 8.71. The minimum absolute atomic E-state index is 0.0833. The maximum Gasteiger partial charge on any atom is 0.369 e. The Morgan fingerprint density at radius 3 is 1.48 bits per heavy atom. The van der Waals surface area contributed by atoms with Crippen molar-refractivity contribution in [1.29, 1.82) is 0 Å². The number of benzene rings is 1. The third kappa shape index (κ3) is 6.56. The molecule has 0 aliphatic rings. The summed E-state index contributed by atoms with van der Waals surface area (Å²) in [7, 11) is -3.86. The van der Waals surface area contributed by atoms with Crippen LogP contribution in [0.15, 0.2) is 29.3 Å². The second kappa shape index (κ2) is 11.2. The number of hydrogen-bond acceptors (Lipinski definition) is 7. The van der Waals surface area contributed by atoms with Crippen molar-refractivity contribution in [2.75, 3.05) is 45.4 Å². The standard InChI is InChI=1S/C18H31NO6P2/c1-7-22-26(20,23-8-2)18(27(21,24-9-3)25-10-4)15-16-11-13-17(14-12-16)19(5)6/h11-15H,7-10H2,1-6H3. The van der Waals surface area contributed by atoms with E-state index in [2.05, 4.69) is 0 Å². The van der Waals surface area contributed by atoms with Crippen molar-refractivity contribution < 1.29 is 27.2 Å². The summed E-state index contributed by atoms with van der Waals surface area (Å²) in [5, 5.41) is -0.0833. The first kappa shape index (κ1) is 24.1. The number of nitrogens with zero attached hydrogens (tertiary/aromatic N) is 1. The molecule has 27 heavy (non-hydrogen) atoms. The fourth-order valence-corrected chi connectivity index (χ4v) is 6.89. The topological polar surface area (TPSA) is 74.3 Å². The highest BCUT2D eigenvalue weighted by molar-refractivity contribution is 7.79. The maximum atomic E-state index is 13.4. The van der Waals surface area contributed by atoms with Crippen molar-refractivity contribution in [2.24, 2.45) is 0 Å². The van der Waals surface area contributed by atoms with Crippen LogP contribution in [0.2, 0.25) is 0 Å². The lowest BCUT2D eigenvalue weighted by atomic mass is 10.2. The van der Waals surface area contributed by atoms with Crippen molar-refractivity contribution >= 4 is 27.0 Å². The summed E-state index contributed by atoms with van der Waals surface area (Å²) < 4.78 is 48.6. The minimum atomic E-state index is -3.87. The molecule has 0 aromatic heterocycles. The van der Waals surface area contributed by atoms with Crippen molar-refractivity contribution in [3.8, 4) is 0 Å². The van der Waals surface area contributed by atoms with Gasteiger partial charge in [-0.3, -0.25) is 9.13 Å². The molecule has 0 aliphatic carbocycles. The Labute approximate surface area is 162 Å². The molecule has 0 bridgehead atoms.